The molecule has 2 heterocycles. The molecule has 0 aromatic heterocycles. The minimum Gasteiger partial charge on any atom is -0.463 e. The first-order valence-corrected chi connectivity index (χ1v) is 8.28. The fourth-order valence-corrected chi connectivity index (χ4v) is 2.91. The van der Waals surface area contributed by atoms with Crippen molar-refractivity contribution in [3.05, 3.63) is 0 Å². The predicted molar refractivity (Wildman–Crippen MR) is 82.4 cm³/mol. The van der Waals surface area contributed by atoms with E-state index in [4.69, 9.17) is 33.2 Å². The van der Waals surface area contributed by atoms with E-state index in [9.17, 15) is 14.4 Å². The topological polar surface area (TPSA) is 116 Å². The van der Waals surface area contributed by atoms with Crippen LogP contribution in [0, 0.1) is 0 Å². The van der Waals surface area contributed by atoms with Crippen molar-refractivity contribution in [3.8, 4) is 0 Å². The largest absolute Gasteiger partial charge is 0.463 e. The third kappa shape index (κ3) is 4.91. The molecule has 0 saturated carbocycles. The molecule has 2 aliphatic heterocycles. The Morgan fingerprint density at radius 1 is 0.962 bits per heavy atom. The quantitative estimate of drug-likeness (QED) is 0.472. The molecule has 26 heavy (non-hydrogen) atoms. The van der Waals surface area contributed by atoms with Crippen molar-refractivity contribution in [2.24, 2.45) is 0 Å². The molecule has 0 amide bonds. The first-order valence-electron chi connectivity index (χ1n) is 8.28. The SMILES string of the molecule is CCOC1(C)OC2[C@H](OC(COC(C)=O)[C@@H](OC(C)=O)[C@@H]2OC(C)=O)O1. The van der Waals surface area contributed by atoms with Crippen molar-refractivity contribution < 1.29 is 47.5 Å². The Balaban J connectivity index is 2.29. The first kappa shape index (κ1) is 20.6. The highest BCUT2D eigenvalue weighted by Crippen LogP contribution is 2.39. The van der Waals surface area contributed by atoms with Gasteiger partial charge in [-0.25, -0.2) is 0 Å². The van der Waals surface area contributed by atoms with Gasteiger partial charge >= 0.3 is 17.9 Å². The van der Waals surface area contributed by atoms with Crippen molar-refractivity contribution in [1.82, 2.24) is 0 Å². The number of hydrogen-bond donors (Lipinski definition) is 0. The summed E-state index contributed by atoms with van der Waals surface area (Å²) in [7, 11) is 0. The van der Waals surface area contributed by atoms with Crippen LogP contribution in [0.25, 0.3) is 0 Å². The maximum Gasteiger partial charge on any atom is 0.303 e. The van der Waals surface area contributed by atoms with Crippen molar-refractivity contribution in [3.63, 3.8) is 0 Å². The average molecular weight is 376 g/mol. The van der Waals surface area contributed by atoms with Crippen LogP contribution < -0.4 is 0 Å². The fraction of sp³-hybridized carbons (Fsp3) is 0.812. The van der Waals surface area contributed by atoms with Crippen molar-refractivity contribution in [1.29, 1.82) is 0 Å². The Hall–Kier alpha value is -1.75. The van der Waals surface area contributed by atoms with Gasteiger partial charge in [0.15, 0.2) is 24.6 Å². The van der Waals surface area contributed by atoms with Crippen LogP contribution in [0.15, 0.2) is 0 Å². The molecule has 2 aliphatic rings. The molecule has 0 aromatic carbocycles. The summed E-state index contributed by atoms with van der Waals surface area (Å²) in [5, 5.41) is 0. The third-order valence-corrected chi connectivity index (χ3v) is 3.73. The minimum atomic E-state index is -1.42. The molecule has 10 heteroatoms. The highest BCUT2D eigenvalue weighted by atomic mass is 16.9. The lowest BCUT2D eigenvalue weighted by Crippen LogP contribution is -2.60. The Morgan fingerprint density at radius 3 is 2.12 bits per heavy atom. The molecule has 2 fully saturated rings. The molecule has 3 unspecified atom stereocenters. The lowest BCUT2D eigenvalue weighted by molar-refractivity contribution is -0.342. The van der Waals surface area contributed by atoms with Gasteiger partial charge < -0.3 is 28.4 Å². The van der Waals surface area contributed by atoms with E-state index in [1.165, 1.54) is 20.8 Å². The molecule has 10 nitrogen and oxygen atoms in total. The summed E-state index contributed by atoms with van der Waals surface area (Å²) in [5.41, 5.74) is 0. The monoisotopic (exact) mass is 376 g/mol. The standard InChI is InChI=1S/C16H24O10/c1-6-21-16(5)25-14-13(23-10(4)19)12(22-9(3)18)11(7-20-8(2)17)24-15(14)26-16/h11-15H,6-7H2,1-5H3/t11?,12-,13+,14?,15-,16?/m1/s1. The Morgan fingerprint density at radius 2 is 1.58 bits per heavy atom. The van der Waals surface area contributed by atoms with Crippen LogP contribution in [0.1, 0.15) is 34.6 Å². The van der Waals surface area contributed by atoms with E-state index in [1.807, 2.05) is 0 Å². The first-order chi connectivity index (χ1) is 12.1. The number of carbonyl (C=O) groups excluding carboxylic acids is 3. The van der Waals surface area contributed by atoms with E-state index in [0.717, 1.165) is 0 Å². The summed E-state index contributed by atoms with van der Waals surface area (Å²) in [6, 6.07) is 0. The van der Waals surface area contributed by atoms with Crippen molar-refractivity contribution in [2.75, 3.05) is 13.2 Å². The van der Waals surface area contributed by atoms with Gasteiger partial charge in [0, 0.05) is 34.3 Å². The maximum atomic E-state index is 11.6. The second-order valence-electron chi connectivity index (χ2n) is 5.99. The molecule has 2 rings (SSSR count). The van der Waals surface area contributed by atoms with E-state index in [1.54, 1.807) is 13.8 Å². The van der Waals surface area contributed by atoms with E-state index in [-0.39, 0.29) is 6.61 Å². The summed E-state index contributed by atoms with van der Waals surface area (Å²) >= 11 is 0. The summed E-state index contributed by atoms with van der Waals surface area (Å²) in [5.74, 6) is -3.18. The van der Waals surface area contributed by atoms with Crippen LogP contribution in [0.5, 0.6) is 0 Å². The number of rotatable bonds is 6. The molecule has 0 N–H and O–H groups in total. The number of esters is 3. The predicted octanol–water partition coefficient (Wildman–Crippen LogP) is 0.263. The van der Waals surface area contributed by atoms with Crippen LogP contribution in [-0.4, -0.2) is 67.8 Å². The van der Waals surface area contributed by atoms with E-state index < -0.39 is 54.6 Å². The van der Waals surface area contributed by atoms with Gasteiger partial charge in [0.05, 0.1) is 0 Å². The molecule has 2 saturated heterocycles. The van der Waals surface area contributed by atoms with Crippen molar-refractivity contribution in [2.45, 2.75) is 71.3 Å². The number of hydrogen-bond acceptors (Lipinski definition) is 10. The molecular weight excluding hydrogens is 352 g/mol. The van der Waals surface area contributed by atoms with Gasteiger partial charge in [-0.1, -0.05) is 0 Å². The van der Waals surface area contributed by atoms with E-state index >= 15 is 0 Å². The molecule has 0 radical (unpaired) electrons. The van der Waals surface area contributed by atoms with Gasteiger partial charge in [-0.05, 0) is 6.92 Å². The average Bonchev–Trinajstić information content (AvgIpc) is 2.83. The van der Waals surface area contributed by atoms with Gasteiger partial charge in [-0.2, -0.15) is 0 Å². The second kappa shape index (κ2) is 8.30. The smallest absolute Gasteiger partial charge is 0.303 e. The number of carbonyl (C=O) groups is 3. The lowest BCUT2D eigenvalue weighted by Gasteiger charge is -2.40. The zero-order valence-corrected chi connectivity index (χ0v) is 15.4. The summed E-state index contributed by atoms with van der Waals surface area (Å²) in [6.07, 6.45) is -4.86. The van der Waals surface area contributed by atoms with E-state index in [0.29, 0.717) is 6.61 Å². The molecule has 148 valence electrons. The van der Waals surface area contributed by atoms with Gasteiger partial charge in [0.1, 0.15) is 12.7 Å². The maximum absolute atomic E-state index is 11.6. The highest BCUT2D eigenvalue weighted by Gasteiger charge is 2.59. The van der Waals surface area contributed by atoms with Crippen LogP contribution in [0.2, 0.25) is 0 Å². The third-order valence-electron chi connectivity index (χ3n) is 3.73. The normalized spacial score (nSPS) is 36.1. The Bertz CT molecular complexity index is 549. The van der Waals surface area contributed by atoms with Gasteiger partial charge in [-0.3, -0.25) is 19.1 Å². The van der Waals surface area contributed by atoms with E-state index in [2.05, 4.69) is 0 Å². The summed E-state index contributed by atoms with van der Waals surface area (Å²) in [4.78, 5) is 34.2. The van der Waals surface area contributed by atoms with Crippen LogP contribution in [0.3, 0.4) is 0 Å². The summed E-state index contributed by atoms with van der Waals surface area (Å²) in [6.45, 7) is 7.04. The Kier molecular flexibility index (Phi) is 6.56. The molecule has 0 aromatic rings. The molecule has 6 atom stereocenters. The molecule has 0 bridgehead atoms. The molecular formula is C16H24O10. The number of fused-ring (bicyclic) bond motifs is 1. The molecule has 0 aliphatic carbocycles. The fourth-order valence-electron chi connectivity index (χ4n) is 2.91. The van der Waals surface area contributed by atoms with Gasteiger partial charge in [0.25, 0.3) is 5.97 Å². The number of ether oxygens (including phenoxy) is 7. The minimum absolute atomic E-state index is 0.219. The second-order valence-corrected chi connectivity index (χ2v) is 5.99. The summed E-state index contributed by atoms with van der Waals surface area (Å²) < 4.78 is 38.2. The van der Waals surface area contributed by atoms with Gasteiger partial charge in [-0.15, -0.1) is 0 Å². The van der Waals surface area contributed by atoms with Crippen molar-refractivity contribution >= 4 is 17.9 Å². The van der Waals surface area contributed by atoms with Crippen LogP contribution in [-0.2, 0) is 47.5 Å². The van der Waals surface area contributed by atoms with Crippen LogP contribution in [0.4, 0.5) is 0 Å². The Labute approximate surface area is 150 Å². The zero-order valence-electron chi connectivity index (χ0n) is 15.4. The van der Waals surface area contributed by atoms with Gasteiger partial charge in [0.2, 0.25) is 0 Å². The van der Waals surface area contributed by atoms with Crippen LogP contribution >= 0.6 is 0 Å². The lowest BCUT2D eigenvalue weighted by atomic mass is 9.98. The molecule has 0 spiro atoms. The highest BCUT2D eigenvalue weighted by molar-refractivity contribution is 5.67. The zero-order chi connectivity index (χ0) is 19.5.